The lowest BCUT2D eigenvalue weighted by Gasteiger charge is -2.05. The highest BCUT2D eigenvalue weighted by molar-refractivity contribution is 4.50. The van der Waals surface area contributed by atoms with Gasteiger partial charge in [-0.05, 0) is 6.42 Å². The molecule has 0 aromatic rings. The first-order valence-corrected chi connectivity index (χ1v) is 10.8. The SMILES string of the molecule is CCCCCCCCCCCCCCCCCCOCNCCO. The van der Waals surface area contributed by atoms with Crippen LogP contribution in [-0.4, -0.2) is 31.6 Å². The van der Waals surface area contributed by atoms with Crippen molar-refractivity contribution < 1.29 is 9.84 Å². The van der Waals surface area contributed by atoms with Crippen LogP contribution in [0.2, 0.25) is 0 Å². The first-order chi connectivity index (χ1) is 11.9. The predicted octanol–water partition coefficient (Wildman–Crippen LogP) is 5.80. The van der Waals surface area contributed by atoms with E-state index in [0.717, 1.165) is 6.61 Å². The van der Waals surface area contributed by atoms with Crippen molar-refractivity contribution in [1.29, 1.82) is 0 Å². The van der Waals surface area contributed by atoms with Gasteiger partial charge in [0.25, 0.3) is 0 Å². The van der Waals surface area contributed by atoms with E-state index in [1.165, 1.54) is 103 Å². The Labute approximate surface area is 151 Å². The van der Waals surface area contributed by atoms with Crippen LogP contribution in [-0.2, 0) is 4.74 Å². The van der Waals surface area contributed by atoms with Crippen molar-refractivity contribution >= 4 is 0 Å². The molecular weight excluding hydrogens is 298 g/mol. The van der Waals surface area contributed by atoms with Gasteiger partial charge in [0.05, 0.1) is 13.3 Å². The molecule has 0 heterocycles. The minimum Gasteiger partial charge on any atom is -0.395 e. The molecule has 0 fully saturated rings. The topological polar surface area (TPSA) is 41.5 Å². The second-order valence-electron chi connectivity index (χ2n) is 7.08. The average Bonchev–Trinajstić information content (AvgIpc) is 2.60. The molecule has 0 aliphatic rings. The lowest BCUT2D eigenvalue weighted by atomic mass is 10.0. The summed E-state index contributed by atoms with van der Waals surface area (Å²) in [5.41, 5.74) is 0. The molecule has 0 spiro atoms. The van der Waals surface area contributed by atoms with Crippen molar-refractivity contribution in [2.75, 3.05) is 26.5 Å². The molecule has 3 heteroatoms. The van der Waals surface area contributed by atoms with Crippen LogP contribution in [0.5, 0.6) is 0 Å². The fraction of sp³-hybridized carbons (Fsp3) is 1.00. The summed E-state index contributed by atoms with van der Waals surface area (Å²) < 4.78 is 5.43. The molecule has 0 aliphatic carbocycles. The van der Waals surface area contributed by atoms with Crippen LogP contribution >= 0.6 is 0 Å². The maximum absolute atomic E-state index is 8.60. The summed E-state index contributed by atoms with van der Waals surface area (Å²) in [6.45, 7) is 4.51. The van der Waals surface area contributed by atoms with E-state index in [4.69, 9.17) is 9.84 Å². The van der Waals surface area contributed by atoms with E-state index >= 15 is 0 Å². The van der Waals surface area contributed by atoms with Crippen LogP contribution in [0.4, 0.5) is 0 Å². The Bertz CT molecular complexity index is 190. The zero-order valence-corrected chi connectivity index (χ0v) is 16.5. The van der Waals surface area contributed by atoms with E-state index in [1.807, 2.05) is 0 Å². The molecule has 0 bridgehead atoms. The van der Waals surface area contributed by atoms with E-state index in [-0.39, 0.29) is 6.61 Å². The number of unbranched alkanes of at least 4 members (excludes halogenated alkanes) is 15. The van der Waals surface area contributed by atoms with Crippen molar-refractivity contribution in [2.24, 2.45) is 0 Å². The van der Waals surface area contributed by atoms with Gasteiger partial charge in [0.2, 0.25) is 0 Å². The van der Waals surface area contributed by atoms with Gasteiger partial charge in [-0.3, -0.25) is 5.32 Å². The number of hydrogen-bond donors (Lipinski definition) is 2. The normalized spacial score (nSPS) is 11.2. The molecule has 0 saturated heterocycles. The monoisotopic (exact) mass is 343 g/mol. The Kier molecular flexibility index (Phi) is 22.8. The van der Waals surface area contributed by atoms with E-state index < -0.39 is 0 Å². The Morgan fingerprint density at radius 1 is 0.625 bits per heavy atom. The van der Waals surface area contributed by atoms with Gasteiger partial charge in [-0.2, -0.15) is 0 Å². The summed E-state index contributed by atoms with van der Waals surface area (Å²) in [7, 11) is 0. The van der Waals surface area contributed by atoms with Crippen LogP contribution in [0.25, 0.3) is 0 Å². The minimum atomic E-state index is 0.183. The number of ether oxygens (including phenoxy) is 1. The van der Waals surface area contributed by atoms with E-state index in [0.29, 0.717) is 13.3 Å². The molecule has 24 heavy (non-hydrogen) atoms. The van der Waals surface area contributed by atoms with Crippen molar-refractivity contribution in [3.63, 3.8) is 0 Å². The lowest BCUT2D eigenvalue weighted by Crippen LogP contribution is -2.21. The maximum Gasteiger partial charge on any atom is 0.0966 e. The summed E-state index contributed by atoms with van der Waals surface area (Å²) >= 11 is 0. The highest BCUT2D eigenvalue weighted by Gasteiger charge is 1.95. The molecule has 0 rings (SSSR count). The number of rotatable bonds is 21. The number of hydrogen-bond acceptors (Lipinski definition) is 3. The highest BCUT2D eigenvalue weighted by atomic mass is 16.5. The van der Waals surface area contributed by atoms with Gasteiger partial charge in [0.15, 0.2) is 0 Å². The third-order valence-electron chi connectivity index (χ3n) is 4.63. The molecule has 0 radical (unpaired) electrons. The van der Waals surface area contributed by atoms with Gasteiger partial charge in [-0.25, -0.2) is 0 Å². The van der Waals surface area contributed by atoms with Crippen molar-refractivity contribution in [3.8, 4) is 0 Å². The molecule has 146 valence electrons. The summed E-state index contributed by atoms with van der Waals surface area (Å²) in [6.07, 6.45) is 22.4. The number of aliphatic hydroxyl groups excluding tert-OH is 1. The van der Waals surface area contributed by atoms with Gasteiger partial charge < -0.3 is 9.84 Å². The molecule has 0 aliphatic heterocycles. The largest absolute Gasteiger partial charge is 0.395 e. The molecule has 0 aromatic heterocycles. The zero-order chi connectivity index (χ0) is 17.6. The fourth-order valence-electron chi connectivity index (χ4n) is 3.05. The standard InChI is InChI=1S/C21H45NO2/c1-2-3-4-5-6-7-8-9-10-11-12-13-14-15-16-17-20-24-21-22-18-19-23/h22-23H,2-21H2,1H3. The molecule has 0 amide bonds. The smallest absolute Gasteiger partial charge is 0.0966 e. The minimum absolute atomic E-state index is 0.183. The van der Waals surface area contributed by atoms with Crippen molar-refractivity contribution in [1.82, 2.24) is 5.32 Å². The molecule has 0 aromatic carbocycles. The zero-order valence-electron chi connectivity index (χ0n) is 16.5. The molecule has 0 unspecified atom stereocenters. The quantitative estimate of drug-likeness (QED) is 0.204. The van der Waals surface area contributed by atoms with E-state index in [9.17, 15) is 0 Å². The van der Waals surface area contributed by atoms with Gasteiger partial charge in [-0.1, -0.05) is 103 Å². The Morgan fingerprint density at radius 2 is 1.04 bits per heavy atom. The number of nitrogens with one attached hydrogen (secondary N) is 1. The van der Waals surface area contributed by atoms with Crippen molar-refractivity contribution in [2.45, 2.75) is 110 Å². The van der Waals surface area contributed by atoms with Crippen LogP contribution in [0.1, 0.15) is 110 Å². The summed E-state index contributed by atoms with van der Waals surface area (Å²) in [5.74, 6) is 0. The highest BCUT2D eigenvalue weighted by Crippen LogP contribution is 2.13. The second-order valence-corrected chi connectivity index (χ2v) is 7.08. The Balaban J connectivity index is 2.93. The van der Waals surface area contributed by atoms with Gasteiger partial charge in [0, 0.05) is 13.2 Å². The average molecular weight is 344 g/mol. The summed E-state index contributed by atoms with van der Waals surface area (Å²) in [6, 6.07) is 0. The van der Waals surface area contributed by atoms with Crippen LogP contribution < -0.4 is 5.32 Å². The Hall–Kier alpha value is -0.120. The number of aliphatic hydroxyl groups is 1. The Morgan fingerprint density at radius 3 is 1.46 bits per heavy atom. The predicted molar refractivity (Wildman–Crippen MR) is 105 cm³/mol. The van der Waals surface area contributed by atoms with Crippen LogP contribution in [0, 0.1) is 0 Å². The first-order valence-electron chi connectivity index (χ1n) is 10.8. The van der Waals surface area contributed by atoms with Crippen LogP contribution in [0.15, 0.2) is 0 Å². The third-order valence-corrected chi connectivity index (χ3v) is 4.63. The fourth-order valence-corrected chi connectivity index (χ4v) is 3.05. The van der Waals surface area contributed by atoms with E-state index in [1.54, 1.807) is 0 Å². The van der Waals surface area contributed by atoms with Gasteiger partial charge >= 0.3 is 0 Å². The summed E-state index contributed by atoms with van der Waals surface area (Å²) in [4.78, 5) is 0. The lowest BCUT2D eigenvalue weighted by molar-refractivity contribution is 0.108. The van der Waals surface area contributed by atoms with Crippen LogP contribution in [0.3, 0.4) is 0 Å². The third kappa shape index (κ3) is 21.9. The molecule has 0 saturated carbocycles. The van der Waals surface area contributed by atoms with Crippen molar-refractivity contribution in [3.05, 3.63) is 0 Å². The maximum atomic E-state index is 8.60. The molecule has 3 nitrogen and oxygen atoms in total. The molecule has 0 atom stereocenters. The van der Waals surface area contributed by atoms with Gasteiger partial charge in [-0.15, -0.1) is 0 Å². The van der Waals surface area contributed by atoms with Gasteiger partial charge in [0.1, 0.15) is 0 Å². The summed E-state index contributed by atoms with van der Waals surface area (Å²) in [5, 5.41) is 11.6. The molecular formula is C21H45NO2. The first kappa shape index (κ1) is 23.9. The van der Waals surface area contributed by atoms with E-state index in [2.05, 4.69) is 12.2 Å². The second kappa shape index (κ2) is 22.9. The molecule has 2 N–H and O–H groups in total.